The fraction of sp³-hybridized carbons (Fsp3) is 0.611. The van der Waals surface area contributed by atoms with Crippen molar-refractivity contribution in [3.05, 3.63) is 29.2 Å². The molecule has 0 aliphatic heterocycles. The lowest BCUT2D eigenvalue weighted by molar-refractivity contribution is -0.116. The molecule has 6 nitrogen and oxygen atoms in total. The Balaban J connectivity index is 1.64. The van der Waals surface area contributed by atoms with E-state index in [-0.39, 0.29) is 11.8 Å². The zero-order valence-electron chi connectivity index (χ0n) is 14.8. The lowest BCUT2D eigenvalue weighted by Crippen LogP contribution is -2.21. The highest BCUT2D eigenvalue weighted by Gasteiger charge is 2.21. The first-order valence-corrected chi connectivity index (χ1v) is 8.91. The summed E-state index contributed by atoms with van der Waals surface area (Å²) in [7, 11) is 0. The molecule has 2 aromatic heterocycles. The van der Waals surface area contributed by atoms with Crippen molar-refractivity contribution in [2.24, 2.45) is 0 Å². The summed E-state index contributed by atoms with van der Waals surface area (Å²) in [6.07, 6.45) is 8.31. The molecule has 1 aliphatic rings. The number of aromatic nitrogens is 4. The minimum atomic E-state index is 0.0278. The normalized spacial score (nSPS) is 17.0. The first kappa shape index (κ1) is 16.7. The number of nitrogens with one attached hydrogen (secondary N) is 2. The first-order valence-electron chi connectivity index (χ1n) is 8.91. The number of nitrogens with zero attached hydrogens (tertiary/aromatic N) is 3. The SMILES string of the molecule is Cc1n[nH]c(C)c1[C@@H](C)CC(=O)Nc1ccnn1C1CCCCC1. The zero-order chi connectivity index (χ0) is 17.1. The second-order valence-electron chi connectivity index (χ2n) is 6.95. The molecule has 0 aromatic carbocycles. The molecule has 1 aliphatic carbocycles. The third kappa shape index (κ3) is 3.52. The minimum absolute atomic E-state index is 0.0278. The van der Waals surface area contributed by atoms with Gasteiger partial charge >= 0.3 is 0 Å². The lowest BCUT2D eigenvalue weighted by atomic mass is 9.95. The molecule has 24 heavy (non-hydrogen) atoms. The summed E-state index contributed by atoms with van der Waals surface area (Å²) in [6.45, 7) is 6.05. The van der Waals surface area contributed by atoms with Gasteiger partial charge in [0.15, 0.2) is 0 Å². The maximum Gasteiger partial charge on any atom is 0.226 e. The predicted molar refractivity (Wildman–Crippen MR) is 94.1 cm³/mol. The van der Waals surface area contributed by atoms with E-state index in [1.54, 1.807) is 6.20 Å². The van der Waals surface area contributed by atoms with E-state index < -0.39 is 0 Å². The molecule has 2 aromatic rings. The Kier molecular flexibility index (Phi) is 5.02. The van der Waals surface area contributed by atoms with Gasteiger partial charge in [0.1, 0.15) is 5.82 Å². The Morgan fingerprint density at radius 1 is 1.38 bits per heavy atom. The van der Waals surface area contributed by atoms with Gasteiger partial charge in [0.2, 0.25) is 5.91 Å². The molecule has 6 heteroatoms. The molecule has 0 saturated heterocycles. The number of aryl methyl sites for hydroxylation is 2. The largest absolute Gasteiger partial charge is 0.311 e. The smallest absolute Gasteiger partial charge is 0.226 e. The molecule has 2 heterocycles. The zero-order valence-corrected chi connectivity index (χ0v) is 14.8. The van der Waals surface area contributed by atoms with E-state index in [4.69, 9.17) is 0 Å². The van der Waals surface area contributed by atoms with Gasteiger partial charge in [-0.1, -0.05) is 26.2 Å². The summed E-state index contributed by atoms with van der Waals surface area (Å²) in [5, 5.41) is 14.7. The Hall–Kier alpha value is -2.11. The van der Waals surface area contributed by atoms with Crippen molar-refractivity contribution in [1.29, 1.82) is 0 Å². The third-order valence-corrected chi connectivity index (χ3v) is 5.03. The quantitative estimate of drug-likeness (QED) is 0.874. The van der Waals surface area contributed by atoms with Gasteiger partial charge in [-0.15, -0.1) is 0 Å². The van der Waals surface area contributed by atoms with Gasteiger partial charge in [0.25, 0.3) is 0 Å². The van der Waals surface area contributed by atoms with Gasteiger partial charge in [-0.2, -0.15) is 10.2 Å². The van der Waals surface area contributed by atoms with Gasteiger partial charge in [-0.3, -0.25) is 9.89 Å². The second kappa shape index (κ2) is 7.20. The van der Waals surface area contributed by atoms with Crippen LogP contribution in [0.15, 0.2) is 12.3 Å². The number of aromatic amines is 1. The second-order valence-corrected chi connectivity index (χ2v) is 6.95. The van der Waals surface area contributed by atoms with Crippen molar-refractivity contribution in [3.8, 4) is 0 Å². The van der Waals surface area contributed by atoms with Crippen molar-refractivity contribution in [2.75, 3.05) is 5.32 Å². The van der Waals surface area contributed by atoms with Crippen molar-refractivity contribution >= 4 is 11.7 Å². The topological polar surface area (TPSA) is 75.6 Å². The van der Waals surface area contributed by atoms with E-state index >= 15 is 0 Å². The monoisotopic (exact) mass is 329 g/mol. The predicted octanol–water partition coefficient (Wildman–Crippen LogP) is 3.86. The van der Waals surface area contributed by atoms with Crippen LogP contribution in [-0.2, 0) is 4.79 Å². The third-order valence-electron chi connectivity index (χ3n) is 5.03. The molecule has 1 saturated carbocycles. The number of anilines is 1. The number of H-pyrrole nitrogens is 1. The number of amides is 1. The van der Waals surface area contributed by atoms with Crippen LogP contribution in [0.5, 0.6) is 0 Å². The van der Waals surface area contributed by atoms with Crippen LogP contribution in [0.4, 0.5) is 5.82 Å². The van der Waals surface area contributed by atoms with E-state index in [1.165, 1.54) is 19.3 Å². The van der Waals surface area contributed by atoms with Gasteiger partial charge < -0.3 is 5.32 Å². The maximum absolute atomic E-state index is 12.5. The number of carbonyl (C=O) groups excluding carboxylic acids is 1. The van der Waals surface area contributed by atoms with Crippen molar-refractivity contribution in [1.82, 2.24) is 20.0 Å². The van der Waals surface area contributed by atoms with E-state index in [1.807, 2.05) is 24.6 Å². The molecule has 2 N–H and O–H groups in total. The molecular formula is C18H27N5O. The van der Waals surface area contributed by atoms with Crippen molar-refractivity contribution < 1.29 is 4.79 Å². The van der Waals surface area contributed by atoms with E-state index in [0.29, 0.717) is 12.5 Å². The Morgan fingerprint density at radius 3 is 2.79 bits per heavy atom. The standard InChI is InChI=1S/C18H27N5O/c1-12(18-13(2)21-22-14(18)3)11-17(24)20-16-9-10-19-23(16)15-7-5-4-6-8-15/h9-10,12,15H,4-8,11H2,1-3H3,(H,20,24)(H,21,22)/t12-/m0/s1. The van der Waals surface area contributed by atoms with E-state index in [0.717, 1.165) is 35.6 Å². The fourth-order valence-electron chi connectivity index (χ4n) is 3.89. The highest BCUT2D eigenvalue weighted by Crippen LogP contribution is 2.30. The average Bonchev–Trinajstić information content (AvgIpc) is 3.14. The van der Waals surface area contributed by atoms with Gasteiger partial charge in [-0.25, -0.2) is 4.68 Å². The highest BCUT2D eigenvalue weighted by molar-refractivity contribution is 5.90. The van der Waals surface area contributed by atoms with Crippen LogP contribution in [0.3, 0.4) is 0 Å². The number of hydrogen-bond donors (Lipinski definition) is 2. The Bertz CT molecular complexity index is 677. The number of hydrogen-bond acceptors (Lipinski definition) is 3. The van der Waals surface area contributed by atoms with Gasteiger partial charge in [0, 0.05) is 18.2 Å². The van der Waals surface area contributed by atoms with Gasteiger partial charge in [-0.05, 0) is 38.2 Å². The number of carbonyl (C=O) groups is 1. The molecule has 0 spiro atoms. The van der Waals surface area contributed by atoms with Crippen LogP contribution in [0, 0.1) is 13.8 Å². The van der Waals surface area contributed by atoms with Crippen molar-refractivity contribution in [3.63, 3.8) is 0 Å². The van der Waals surface area contributed by atoms with Crippen LogP contribution in [0.2, 0.25) is 0 Å². The minimum Gasteiger partial charge on any atom is -0.311 e. The molecule has 0 unspecified atom stereocenters. The van der Waals surface area contributed by atoms with Crippen LogP contribution in [0.25, 0.3) is 0 Å². The van der Waals surface area contributed by atoms with Crippen LogP contribution in [0.1, 0.15) is 74.4 Å². The molecule has 1 fully saturated rings. The molecule has 0 bridgehead atoms. The molecular weight excluding hydrogens is 302 g/mol. The van der Waals surface area contributed by atoms with Gasteiger partial charge in [0.05, 0.1) is 17.9 Å². The van der Waals surface area contributed by atoms with E-state index in [9.17, 15) is 4.79 Å². The average molecular weight is 329 g/mol. The summed E-state index contributed by atoms with van der Waals surface area (Å²) in [5.74, 6) is 0.981. The maximum atomic E-state index is 12.5. The highest BCUT2D eigenvalue weighted by atomic mass is 16.1. The summed E-state index contributed by atoms with van der Waals surface area (Å²) in [4.78, 5) is 12.5. The van der Waals surface area contributed by atoms with E-state index in [2.05, 4.69) is 27.5 Å². The summed E-state index contributed by atoms with van der Waals surface area (Å²) in [6, 6.07) is 2.31. The Morgan fingerprint density at radius 2 is 2.12 bits per heavy atom. The molecule has 1 amide bonds. The molecule has 0 radical (unpaired) electrons. The van der Waals surface area contributed by atoms with Crippen LogP contribution in [-0.4, -0.2) is 25.9 Å². The molecule has 1 atom stereocenters. The fourth-order valence-corrected chi connectivity index (χ4v) is 3.89. The van der Waals surface area contributed by atoms with Crippen LogP contribution >= 0.6 is 0 Å². The lowest BCUT2D eigenvalue weighted by Gasteiger charge is -2.24. The Labute approximate surface area is 143 Å². The van der Waals surface area contributed by atoms with Crippen molar-refractivity contribution in [2.45, 2.75) is 71.3 Å². The summed E-state index contributed by atoms with van der Waals surface area (Å²) < 4.78 is 2.00. The van der Waals surface area contributed by atoms with Crippen LogP contribution < -0.4 is 5.32 Å². The molecule has 130 valence electrons. The first-order chi connectivity index (χ1) is 11.6. The summed E-state index contributed by atoms with van der Waals surface area (Å²) >= 11 is 0. The number of rotatable bonds is 5. The molecule has 3 rings (SSSR count). The summed E-state index contributed by atoms with van der Waals surface area (Å²) in [5.41, 5.74) is 3.16.